The number of ketones is 2. The van der Waals surface area contributed by atoms with Gasteiger partial charge >= 0.3 is 0 Å². The molecule has 0 fully saturated rings. The van der Waals surface area contributed by atoms with E-state index < -0.39 is 16.4 Å². The second kappa shape index (κ2) is 4.28. The van der Waals surface area contributed by atoms with Gasteiger partial charge in [-0.15, -0.1) is 0 Å². The number of nitrogens with zero attached hydrogens (tertiary/aromatic N) is 1. The van der Waals surface area contributed by atoms with Gasteiger partial charge in [0.2, 0.25) is 5.78 Å². The molecule has 0 aliphatic heterocycles. The van der Waals surface area contributed by atoms with Gasteiger partial charge in [-0.2, -0.15) is 0 Å². The van der Waals surface area contributed by atoms with Crippen LogP contribution in [0.4, 0.5) is 0 Å². The van der Waals surface area contributed by atoms with Crippen LogP contribution in [0.2, 0.25) is 0 Å². The van der Waals surface area contributed by atoms with Crippen molar-refractivity contribution in [1.82, 2.24) is 4.98 Å². The summed E-state index contributed by atoms with van der Waals surface area (Å²) in [5.41, 5.74) is 0.746. The van der Waals surface area contributed by atoms with Crippen LogP contribution in [0.15, 0.2) is 24.5 Å². The average molecular weight is 242 g/mol. The van der Waals surface area contributed by atoms with Gasteiger partial charge in [-0.05, 0) is 17.7 Å². The van der Waals surface area contributed by atoms with Crippen molar-refractivity contribution in [3.05, 3.63) is 30.1 Å². The van der Waals surface area contributed by atoms with Crippen molar-refractivity contribution >= 4 is 27.5 Å². The normalized spacial score (nSPS) is 12.2. The average Bonchev–Trinajstić information content (AvgIpc) is 2.17. The summed E-state index contributed by atoms with van der Waals surface area (Å²) in [5, 5.41) is 0. The van der Waals surface area contributed by atoms with E-state index in [0.717, 1.165) is 5.56 Å². The molecule has 0 radical (unpaired) electrons. The third-order valence-corrected chi connectivity index (χ3v) is 2.52. The third kappa shape index (κ3) is 2.45. The highest BCUT2D eigenvalue weighted by Crippen LogP contribution is 2.22. The lowest BCUT2D eigenvalue weighted by Crippen LogP contribution is -2.15. The fourth-order valence-corrected chi connectivity index (χ4v) is 1.49. The first kappa shape index (κ1) is 10.1. The zero-order valence-corrected chi connectivity index (χ0v) is 8.61. The summed E-state index contributed by atoms with van der Waals surface area (Å²) in [6.45, 7) is 1.26. The molecular formula is C9H8BrNO2. The van der Waals surface area contributed by atoms with Crippen molar-refractivity contribution in [1.29, 1.82) is 0 Å². The minimum Gasteiger partial charge on any atom is -0.291 e. The fourth-order valence-electron chi connectivity index (χ4n) is 0.862. The Morgan fingerprint density at radius 2 is 1.92 bits per heavy atom. The van der Waals surface area contributed by atoms with Crippen molar-refractivity contribution in [3.63, 3.8) is 0 Å². The standard InChI is InChI=1S/C9H8BrNO2/c1-6(12)9(13)8(10)7-2-4-11-5-3-7/h2-5,8H,1H3. The molecule has 1 rings (SSSR count). The molecule has 0 bridgehead atoms. The van der Waals surface area contributed by atoms with E-state index in [0.29, 0.717) is 0 Å². The van der Waals surface area contributed by atoms with Gasteiger partial charge in [0.1, 0.15) is 4.83 Å². The predicted molar refractivity (Wildman–Crippen MR) is 51.6 cm³/mol. The van der Waals surface area contributed by atoms with E-state index in [1.807, 2.05) is 0 Å². The van der Waals surface area contributed by atoms with Crippen LogP contribution in [-0.4, -0.2) is 16.6 Å². The molecule has 0 aromatic carbocycles. The van der Waals surface area contributed by atoms with Crippen LogP contribution in [-0.2, 0) is 9.59 Å². The SMILES string of the molecule is CC(=O)C(=O)C(Br)c1ccncc1. The second-order valence-corrected chi connectivity index (χ2v) is 3.48. The highest BCUT2D eigenvalue weighted by Gasteiger charge is 2.20. The zero-order valence-electron chi connectivity index (χ0n) is 7.03. The van der Waals surface area contributed by atoms with Gasteiger partial charge in [-0.3, -0.25) is 14.6 Å². The number of aromatic nitrogens is 1. The van der Waals surface area contributed by atoms with E-state index in [-0.39, 0.29) is 0 Å². The highest BCUT2D eigenvalue weighted by atomic mass is 79.9. The van der Waals surface area contributed by atoms with Gasteiger partial charge in [0, 0.05) is 19.3 Å². The number of rotatable bonds is 3. The van der Waals surface area contributed by atoms with Crippen LogP contribution in [0.5, 0.6) is 0 Å². The van der Waals surface area contributed by atoms with Crippen molar-refractivity contribution in [3.8, 4) is 0 Å². The van der Waals surface area contributed by atoms with E-state index in [1.54, 1.807) is 24.5 Å². The molecule has 0 amide bonds. The Kier molecular flexibility index (Phi) is 3.31. The first-order valence-corrected chi connectivity index (χ1v) is 4.63. The van der Waals surface area contributed by atoms with Crippen LogP contribution in [0.25, 0.3) is 0 Å². The lowest BCUT2D eigenvalue weighted by atomic mass is 10.1. The first-order chi connectivity index (χ1) is 6.13. The summed E-state index contributed by atoms with van der Waals surface area (Å²) in [6.07, 6.45) is 3.16. The van der Waals surface area contributed by atoms with Crippen molar-refractivity contribution < 1.29 is 9.59 Å². The molecule has 1 unspecified atom stereocenters. The van der Waals surface area contributed by atoms with Gasteiger partial charge < -0.3 is 0 Å². The van der Waals surface area contributed by atoms with Gasteiger partial charge in [0.15, 0.2) is 5.78 Å². The number of pyridine rings is 1. The summed E-state index contributed by atoms with van der Waals surface area (Å²) >= 11 is 3.15. The molecule has 0 saturated carbocycles. The summed E-state index contributed by atoms with van der Waals surface area (Å²) in [4.78, 5) is 25.3. The topological polar surface area (TPSA) is 47.0 Å². The molecule has 0 N–H and O–H groups in total. The van der Waals surface area contributed by atoms with E-state index in [2.05, 4.69) is 20.9 Å². The Bertz CT molecular complexity index is 324. The summed E-state index contributed by atoms with van der Waals surface area (Å²) < 4.78 is 0. The lowest BCUT2D eigenvalue weighted by Gasteiger charge is -2.05. The monoisotopic (exact) mass is 241 g/mol. The molecule has 0 saturated heterocycles. The van der Waals surface area contributed by atoms with Crippen molar-refractivity contribution in [2.45, 2.75) is 11.8 Å². The summed E-state index contributed by atoms with van der Waals surface area (Å²) in [5.74, 6) is -0.884. The number of hydrogen-bond donors (Lipinski definition) is 0. The van der Waals surface area contributed by atoms with Gasteiger partial charge in [0.05, 0.1) is 0 Å². The Morgan fingerprint density at radius 1 is 1.38 bits per heavy atom. The smallest absolute Gasteiger partial charge is 0.216 e. The number of Topliss-reactive ketones (excluding diaryl/α,β-unsaturated/α-hetero) is 2. The molecule has 1 atom stereocenters. The minimum atomic E-state index is -0.548. The molecule has 13 heavy (non-hydrogen) atoms. The maximum Gasteiger partial charge on any atom is 0.216 e. The van der Waals surface area contributed by atoms with Gasteiger partial charge in [-0.1, -0.05) is 15.9 Å². The number of hydrogen-bond acceptors (Lipinski definition) is 3. The van der Waals surface area contributed by atoms with Gasteiger partial charge in [-0.25, -0.2) is 0 Å². The lowest BCUT2D eigenvalue weighted by molar-refractivity contribution is -0.135. The summed E-state index contributed by atoms with van der Waals surface area (Å²) in [7, 11) is 0. The van der Waals surface area contributed by atoms with Crippen LogP contribution in [0, 0.1) is 0 Å². The molecule has 68 valence electrons. The van der Waals surface area contributed by atoms with Crippen LogP contribution in [0.1, 0.15) is 17.3 Å². The molecule has 0 spiro atoms. The first-order valence-electron chi connectivity index (χ1n) is 3.71. The molecular weight excluding hydrogens is 234 g/mol. The summed E-state index contributed by atoms with van der Waals surface area (Å²) in [6, 6.07) is 3.39. The Morgan fingerprint density at radius 3 is 2.38 bits per heavy atom. The van der Waals surface area contributed by atoms with Crippen LogP contribution < -0.4 is 0 Å². The molecule has 0 aliphatic carbocycles. The van der Waals surface area contributed by atoms with Gasteiger partial charge in [0.25, 0.3) is 0 Å². The van der Waals surface area contributed by atoms with E-state index >= 15 is 0 Å². The maximum atomic E-state index is 11.2. The van der Waals surface area contributed by atoms with E-state index in [4.69, 9.17) is 0 Å². The molecule has 3 nitrogen and oxygen atoms in total. The van der Waals surface area contributed by atoms with E-state index in [1.165, 1.54) is 6.92 Å². The number of carbonyl (C=O) groups excluding carboxylic acids is 2. The third-order valence-electron chi connectivity index (χ3n) is 1.58. The Balaban J connectivity index is 2.86. The van der Waals surface area contributed by atoms with Crippen molar-refractivity contribution in [2.24, 2.45) is 0 Å². The van der Waals surface area contributed by atoms with Crippen molar-refractivity contribution in [2.75, 3.05) is 0 Å². The second-order valence-electron chi connectivity index (χ2n) is 2.56. The molecule has 1 heterocycles. The Labute approximate surface area is 84.3 Å². The number of alkyl halides is 1. The van der Waals surface area contributed by atoms with E-state index in [9.17, 15) is 9.59 Å². The van der Waals surface area contributed by atoms with Crippen LogP contribution >= 0.6 is 15.9 Å². The maximum absolute atomic E-state index is 11.2. The molecule has 0 aliphatic rings. The highest BCUT2D eigenvalue weighted by molar-refractivity contribution is 9.09. The largest absolute Gasteiger partial charge is 0.291 e. The molecule has 1 aromatic heterocycles. The Hall–Kier alpha value is -1.03. The molecule has 1 aromatic rings. The minimum absolute atomic E-state index is 0.439. The molecule has 4 heteroatoms. The quantitative estimate of drug-likeness (QED) is 0.598. The van der Waals surface area contributed by atoms with Crippen LogP contribution in [0.3, 0.4) is 0 Å². The number of halogens is 1. The fraction of sp³-hybridized carbons (Fsp3) is 0.222. The zero-order chi connectivity index (χ0) is 9.84. The predicted octanol–water partition coefficient (Wildman–Crippen LogP) is 1.68. The number of carbonyl (C=O) groups is 2.